The molecule has 0 radical (unpaired) electrons. The second kappa shape index (κ2) is 7.89. The molecule has 0 aliphatic heterocycles. The zero-order valence-corrected chi connectivity index (χ0v) is 14.1. The smallest absolute Gasteiger partial charge is 0.422 e. The van der Waals surface area contributed by atoms with Crippen molar-refractivity contribution in [1.29, 1.82) is 5.26 Å². The van der Waals surface area contributed by atoms with Crippen LogP contribution in [0.25, 0.3) is 0 Å². The van der Waals surface area contributed by atoms with Crippen LogP contribution in [0.4, 0.5) is 4.79 Å². The first-order valence-corrected chi connectivity index (χ1v) is 8.35. The van der Waals surface area contributed by atoms with Crippen LogP contribution >= 0.6 is 0 Å². The van der Waals surface area contributed by atoms with E-state index in [9.17, 15) is 13.2 Å². The molecule has 1 aromatic rings. The van der Waals surface area contributed by atoms with Crippen molar-refractivity contribution in [2.45, 2.75) is 39.3 Å². The molecule has 0 saturated carbocycles. The lowest BCUT2D eigenvalue weighted by Gasteiger charge is -2.23. The van der Waals surface area contributed by atoms with E-state index in [-0.39, 0.29) is 19.5 Å². The molecule has 8 nitrogen and oxygen atoms in total. The first-order chi connectivity index (χ1) is 10.6. The molecule has 1 amide bonds. The largest absolute Gasteiger partial charge is 0.443 e. The van der Waals surface area contributed by atoms with Crippen LogP contribution in [0.15, 0.2) is 24.5 Å². The minimum atomic E-state index is -4.13. The summed E-state index contributed by atoms with van der Waals surface area (Å²) in [6, 6.07) is 5.26. The summed E-state index contributed by atoms with van der Waals surface area (Å²) in [5, 5.41) is 8.69. The summed E-state index contributed by atoms with van der Waals surface area (Å²) >= 11 is 0. The van der Waals surface area contributed by atoms with Crippen LogP contribution in [0.1, 0.15) is 32.8 Å². The number of nitrogens with zero attached hydrogens (tertiary/aromatic N) is 3. The van der Waals surface area contributed by atoms with Gasteiger partial charge in [-0.2, -0.15) is 18.0 Å². The maximum atomic E-state index is 12.3. The molecule has 1 N–H and O–H groups in total. The van der Waals surface area contributed by atoms with Crippen LogP contribution in [-0.4, -0.2) is 35.9 Å². The highest BCUT2D eigenvalue weighted by molar-refractivity contribution is 7.87. The number of hydrogen-bond donors (Lipinski definition) is 1. The molecule has 1 heterocycles. The van der Waals surface area contributed by atoms with Crippen LogP contribution < -0.4 is 4.72 Å². The molecular formula is C14H20N4O4S. The van der Waals surface area contributed by atoms with Crippen molar-refractivity contribution in [3.05, 3.63) is 30.1 Å². The minimum absolute atomic E-state index is 0.00447. The van der Waals surface area contributed by atoms with Crippen LogP contribution in [0.5, 0.6) is 0 Å². The Balaban J connectivity index is 2.87. The van der Waals surface area contributed by atoms with Gasteiger partial charge in [0, 0.05) is 31.9 Å². The molecule has 0 saturated heterocycles. The van der Waals surface area contributed by atoms with Crippen LogP contribution in [0.3, 0.4) is 0 Å². The predicted molar refractivity (Wildman–Crippen MR) is 83.2 cm³/mol. The SMILES string of the molecule is CC(C)(C)OC(=O)NS(=O)(=O)N(CCC#N)Cc1cccnc1. The lowest BCUT2D eigenvalue weighted by atomic mass is 10.2. The summed E-state index contributed by atoms with van der Waals surface area (Å²) in [5.74, 6) is 0. The van der Waals surface area contributed by atoms with E-state index in [1.165, 1.54) is 6.20 Å². The average molecular weight is 340 g/mol. The number of nitriles is 1. The number of rotatable bonds is 6. The van der Waals surface area contributed by atoms with E-state index >= 15 is 0 Å². The number of carbonyl (C=O) groups excluding carboxylic acids is 1. The van der Waals surface area contributed by atoms with Gasteiger partial charge in [-0.25, -0.2) is 9.52 Å². The number of carbonyl (C=O) groups is 1. The molecule has 0 atom stereocenters. The Morgan fingerprint density at radius 3 is 2.70 bits per heavy atom. The number of nitrogens with one attached hydrogen (secondary N) is 1. The van der Waals surface area contributed by atoms with E-state index < -0.39 is 21.9 Å². The Morgan fingerprint density at radius 2 is 2.17 bits per heavy atom. The number of pyridine rings is 1. The number of amides is 1. The lowest BCUT2D eigenvalue weighted by Crippen LogP contribution is -2.45. The van der Waals surface area contributed by atoms with Gasteiger partial charge in [0.2, 0.25) is 0 Å². The number of ether oxygens (including phenoxy) is 1. The molecule has 0 aromatic carbocycles. The maximum Gasteiger partial charge on any atom is 0.422 e. The van der Waals surface area contributed by atoms with E-state index in [1.807, 2.05) is 10.8 Å². The molecule has 0 aliphatic carbocycles. The van der Waals surface area contributed by atoms with Gasteiger partial charge < -0.3 is 4.74 Å². The highest BCUT2D eigenvalue weighted by Gasteiger charge is 2.27. The van der Waals surface area contributed by atoms with Gasteiger partial charge in [-0.15, -0.1) is 0 Å². The standard InChI is InChI=1S/C14H20N4O4S/c1-14(2,3)22-13(19)17-23(20,21)18(9-5-7-15)11-12-6-4-8-16-10-12/h4,6,8,10H,5,9,11H2,1-3H3,(H,17,19). The van der Waals surface area contributed by atoms with Crippen molar-refractivity contribution in [2.75, 3.05) is 6.54 Å². The summed E-state index contributed by atoms with van der Waals surface area (Å²) in [5.41, 5.74) is -0.180. The van der Waals surface area contributed by atoms with Gasteiger partial charge in [0.15, 0.2) is 0 Å². The summed E-state index contributed by atoms with van der Waals surface area (Å²) in [4.78, 5) is 15.6. The van der Waals surface area contributed by atoms with Gasteiger partial charge in [-0.05, 0) is 32.4 Å². The molecule has 23 heavy (non-hydrogen) atoms. The van der Waals surface area contributed by atoms with E-state index in [1.54, 1.807) is 39.1 Å². The summed E-state index contributed by atoms with van der Waals surface area (Å²) in [7, 11) is -4.13. The van der Waals surface area contributed by atoms with Crippen molar-refractivity contribution < 1.29 is 17.9 Å². The summed E-state index contributed by atoms with van der Waals surface area (Å²) in [6.45, 7) is 4.82. The molecular weight excluding hydrogens is 320 g/mol. The van der Waals surface area contributed by atoms with Crippen molar-refractivity contribution >= 4 is 16.3 Å². The highest BCUT2D eigenvalue weighted by Crippen LogP contribution is 2.10. The second-order valence-corrected chi connectivity index (χ2v) is 7.38. The highest BCUT2D eigenvalue weighted by atomic mass is 32.2. The lowest BCUT2D eigenvalue weighted by molar-refractivity contribution is 0.0567. The average Bonchev–Trinajstić information content (AvgIpc) is 2.41. The van der Waals surface area contributed by atoms with Crippen LogP contribution in [0, 0.1) is 11.3 Å². The van der Waals surface area contributed by atoms with Crippen molar-refractivity contribution in [2.24, 2.45) is 0 Å². The summed E-state index contributed by atoms with van der Waals surface area (Å²) in [6.07, 6.45) is 2.01. The summed E-state index contributed by atoms with van der Waals surface area (Å²) < 4.78 is 32.4. The Hall–Kier alpha value is -2.18. The number of hydrogen-bond acceptors (Lipinski definition) is 6. The van der Waals surface area contributed by atoms with Gasteiger partial charge in [-0.3, -0.25) is 4.98 Å². The molecule has 0 unspecified atom stereocenters. The zero-order valence-electron chi connectivity index (χ0n) is 13.3. The van der Waals surface area contributed by atoms with E-state index in [2.05, 4.69) is 4.98 Å². The topological polar surface area (TPSA) is 112 Å². The quantitative estimate of drug-likeness (QED) is 0.841. The third-order valence-electron chi connectivity index (χ3n) is 2.51. The van der Waals surface area contributed by atoms with Crippen molar-refractivity contribution in [3.8, 4) is 6.07 Å². The fraction of sp³-hybridized carbons (Fsp3) is 0.500. The van der Waals surface area contributed by atoms with Crippen LogP contribution in [-0.2, 0) is 21.5 Å². The first-order valence-electron chi connectivity index (χ1n) is 6.91. The minimum Gasteiger partial charge on any atom is -0.443 e. The predicted octanol–water partition coefficient (Wildman–Crippen LogP) is 1.57. The monoisotopic (exact) mass is 340 g/mol. The third-order valence-corrected chi connectivity index (χ3v) is 3.92. The zero-order chi connectivity index (χ0) is 17.5. The van der Waals surface area contributed by atoms with E-state index in [0.717, 1.165) is 4.31 Å². The van der Waals surface area contributed by atoms with Crippen molar-refractivity contribution in [3.63, 3.8) is 0 Å². The molecule has 126 valence electrons. The van der Waals surface area contributed by atoms with Gasteiger partial charge in [0.05, 0.1) is 6.07 Å². The molecule has 0 fully saturated rings. The Morgan fingerprint density at radius 1 is 1.48 bits per heavy atom. The van der Waals surface area contributed by atoms with Crippen LogP contribution in [0.2, 0.25) is 0 Å². The molecule has 9 heteroatoms. The fourth-order valence-electron chi connectivity index (χ4n) is 1.62. The second-order valence-electron chi connectivity index (χ2n) is 5.71. The normalized spacial score (nSPS) is 11.8. The first kappa shape index (κ1) is 18.9. The van der Waals surface area contributed by atoms with E-state index in [0.29, 0.717) is 5.56 Å². The molecule has 0 bridgehead atoms. The van der Waals surface area contributed by atoms with Gasteiger partial charge in [-0.1, -0.05) is 6.07 Å². The van der Waals surface area contributed by atoms with Gasteiger partial charge in [0.25, 0.3) is 0 Å². The van der Waals surface area contributed by atoms with E-state index in [4.69, 9.17) is 10.00 Å². The Kier molecular flexibility index (Phi) is 6.48. The number of aromatic nitrogens is 1. The molecule has 1 rings (SSSR count). The molecule has 1 aromatic heterocycles. The molecule has 0 aliphatic rings. The van der Waals surface area contributed by atoms with Gasteiger partial charge >= 0.3 is 16.3 Å². The Bertz CT molecular complexity index is 662. The maximum absolute atomic E-state index is 12.3. The van der Waals surface area contributed by atoms with Gasteiger partial charge in [0.1, 0.15) is 5.60 Å². The molecule has 0 spiro atoms. The Labute approximate surface area is 136 Å². The fourth-order valence-corrected chi connectivity index (χ4v) is 2.66. The third kappa shape index (κ3) is 7.08. The van der Waals surface area contributed by atoms with Crippen molar-refractivity contribution in [1.82, 2.24) is 14.0 Å².